The van der Waals surface area contributed by atoms with Crippen LogP contribution in [0.2, 0.25) is 0 Å². The Morgan fingerprint density at radius 2 is 0.723 bits per heavy atom. The minimum absolute atomic E-state index is 0.0522. The van der Waals surface area contributed by atoms with Crippen molar-refractivity contribution in [2.24, 2.45) is 0 Å². The molecule has 0 aliphatic heterocycles. The third-order valence-electron chi connectivity index (χ3n) is 9.51. The molecule has 2 atom stereocenters. The molecule has 0 spiro atoms. The Balaban J connectivity index is 5.05. The van der Waals surface area contributed by atoms with E-state index in [1.807, 2.05) is 9.80 Å². The van der Waals surface area contributed by atoms with Gasteiger partial charge in [0, 0.05) is 51.9 Å². The standard InChI is InChI=1S/C39H80Cl2N4O2/c1-9-11-13-15-17-19-21-23-25-28-38(46)42(34-30-36(40)44(3,4)5)32-27-33-43(35-31-37(41)45(6,7)8)39(47)29-26-24-22-20-18-16-14-12-10-2/h36-37H,9-35H2,1-8H3/q+2. The number of alkyl halides is 2. The van der Waals surface area contributed by atoms with Crippen LogP contribution in [0.1, 0.15) is 162 Å². The minimum atomic E-state index is -0.0522. The highest BCUT2D eigenvalue weighted by Crippen LogP contribution is 2.18. The molecule has 0 heterocycles. The quantitative estimate of drug-likeness (QED) is 0.0302. The number of carbonyl (C=O) groups is 2. The van der Waals surface area contributed by atoms with Gasteiger partial charge in [-0.1, -0.05) is 140 Å². The second-order valence-corrected chi connectivity index (χ2v) is 17.0. The molecule has 6 nitrogen and oxygen atoms in total. The molecular weight excluding hydrogens is 627 g/mol. The predicted molar refractivity (Wildman–Crippen MR) is 206 cm³/mol. The molecular formula is C39H80Cl2N4O2+2. The molecule has 0 bridgehead atoms. The molecule has 2 unspecified atom stereocenters. The second kappa shape index (κ2) is 28.2. The van der Waals surface area contributed by atoms with E-state index in [-0.39, 0.29) is 22.8 Å². The molecule has 0 rings (SSSR count). The summed E-state index contributed by atoms with van der Waals surface area (Å²) in [7, 11) is 12.6. The Morgan fingerprint density at radius 3 is 1.00 bits per heavy atom. The number of quaternary nitrogens is 2. The van der Waals surface area contributed by atoms with E-state index in [0.29, 0.717) is 48.0 Å². The summed E-state index contributed by atoms with van der Waals surface area (Å²) in [5.74, 6) is 0.466. The van der Waals surface area contributed by atoms with Crippen molar-refractivity contribution in [2.75, 3.05) is 68.5 Å². The van der Waals surface area contributed by atoms with Gasteiger partial charge in [-0.3, -0.25) is 9.59 Å². The van der Waals surface area contributed by atoms with Crippen molar-refractivity contribution in [1.82, 2.24) is 9.80 Å². The molecule has 0 aromatic carbocycles. The summed E-state index contributed by atoms with van der Waals surface area (Å²) < 4.78 is 1.32. The van der Waals surface area contributed by atoms with Crippen molar-refractivity contribution in [1.29, 1.82) is 0 Å². The van der Waals surface area contributed by atoms with E-state index >= 15 is 0 Å². The van der Waals surface area contributed by atoms with E-state index in [2.05, 4.69) is 56.1 Å². The molecule has 0 aliphatic rings. The van der Waals surface area contributed by atoms with Crippen LogP contribution in [0, 0.1) is 0 Å². The summed E-state index contributed by atoms with van der Waals surface area (Å²) in [6.07, 6.45) is 25.9. The number of halogens is 2. The van der Waals surface area contributed by atoms with Gasteiger partial charge < -0.3 is 18.8 Å². The fourth-order valence-electron chi connectivity index (χ4n) is 5.96. The lowest BCUT2D eigenvalue weighted by Crippen LogP contribution is -2.45. The van der Waals surface area contributed by atoms with Gasteiger partial charge in [0.25, 0.3) is 0 Å². The maximum atomic E-state index is 13.4. The predicted octanol–water partition coefficient (Wildman–Crippen LogP) is 10.2. The number of carbonyl (C=O) groups excluding carboxylic acids is 2. The van der Waals surface area contributed by atoms with Crippen LogP contribution in [0.3, 0.4) is 0 Å². The zero-order chi connectivity index (χ0) is 35.6. The summed E-state index contributed by atoms with van der Waals surface area (Å²) in [4.78, 5) is 30.9. The van der Waals surface area contributed by atoms with Crippen LogP contribution in [-0.4, -0.2) is 110 Å². The van der Waals surface area contributed by atoms with Crippen LogP contribution in [-0.2, 0) is 9.59 Å². The lowest BCUT2D eigenvalue weighted by molar-refractivity contribution is -0.882. The Kier molecular flexibility index (Phi) is 27.8. The number of hydrogen-bond donors (Lipinski definition) is 0. The summed E-state index contributed by atoms with van der Waals surface area (Å²) >= 11 is 13.4. The van der Waals surface area contributed by atoms with Crippen LogP contribution in [0.5, 0.6) is 0 Å². The van der Waals surface area contributed by atoms with Gasteiger partial charge in [0.15, 0.2) is 11.0 Å². The molecule has 0 saturated carbocycles. The largest absolute Gasteiger partial charge is 0.342 e. The first kappa shape index (κ1) is 46.4. The Morgan fingerprint density at radius 1 is 0.447 bits per heavy atom. The first-order valence-corrected chi connectivity index (χ1v) is 20.6. The molecule has 0 radical (unpaired) electrons. The third kappa shape index (κ3) is 26.0. The summed E-state index contributed by atoms with van der Waals surface area (Å²) in [5, 5.41) is 0. The van der Waals surface area contributed by atoms with E-state index in [9.17, 15) is 9.59 Å². The molecule has 0 aromatic heterocycles. The van der Waals surface area contributed by atoms with Gasteiger partial charge in [-0.25, -0.2) is 0 Å². The molecule has 0 saturated heterocycles. The second-order valence-electron chi connectivity index (χ2n) is 16.0. The molecule has 0 N–H and O–H groups in total. The zero-order valence-electron chi connectivity index (χ0n) is 32.6. The van der Waals surface area contributed by atoms with Crippen LogP contribution in [0.25, 0.3) is 0 Å². The lowest BCUT2D eigenvalue weighted by atomic mass is 10.1. The number of nitrogens with zero attached hydrogens (tertiary/aromatic N) is 4. The smallest absolute Gasteiger partial charge is 0.222 e. The average molecular weight is 708 g/mol. The maximum Gasteiger partial charge on any atom is 0.222 e. The van der Waals surface area contributed by atoms with Gasteiger partial charge in [-0.15, -0.1) is 0 Å². The highest BCUT2D eigenvalue weighted by Gasteiger charge is 2.25. The van der Waals surface area contributed by atoms with Gasteiger partial charge in [0.1, 0.15) is 0 Å². The zero-order valence-corrected chi connectivity index (χ0v) is 34.1. The number of amides is 2. The van der Waals surface area contributed by atoms with Gasteiger partial charge in [0.05, 0.1) is 42.3 Å². The first-order valence-electron chi connectivity index (χ1n) is 19.7. The van der Waals surface area contributed by atoms with E-state index in [1.165, 1.54) is 89.9 Å². The van der Waals surface area contributed by atoms with Crippen molar-refractivity contribution < 1.29 is 18.6 Å². The minimum Gasteiger partial charge on any atom is -0.342 e. The SMILES string of the molecule is CCCCCCCCCCCC(=O)N(CCCN(CCC(Cl)[N+](C)(C)C)C(=O)CCCCCCCCCCC)CCC(Cl)[N+](C)(C)C. The highest BCUT2D eigenvalue weighted by atomic mass is 35.5. The van der Waals surface area contributed by atoms with E-state index in [1.54, 1.807) is 0 Å². The summed E-state index contributed by atoms with van der Waals surface area (Å²) in [6.45, 7) is 7.17. The van der Waals surface area contributed by atoms with Gasteiger partial charge in [-0.2, -0.15) is 0 Å². The topological polar surface area (TPSA) is 40.6 Å². The van der Waals surface area contributed by atoms with Crippen molar-refractivity contribution in [3.05, 3.63) is 0 Å². The summed E-state index contributed by atoms with van der Waals surface area (Å²) in [6, 6.07) is 0. The van der Waals surface area contributed by atoms with Crippen molar-refractivity contribution in [3.8, 4) is 0 Å². The average Bonchev–Trinajstić information content (AvgIpc) is 3.00. The maximum absolute atomic E-state index is 13.4. The van der Waals surface area contributed by atoms with Crippen LogP contribution >= 0.6 is 23.2 Å². The molecule has 0 aromatic rings. The monoisotopic (exact) mass is 707 g/mol. The molecule has 0 fully saturated rings. The van der Waals surface area contributed by atoms with E-state index in [0.717, 1.165) is 44.9 Å². The van der Waals surface area contributed by atoms with Crippen molar-refractivity contribution in [2.45, 2.75) is 173 Å². The van der Waals surface area contributed by atoms with Crippen molar-refractivity contribution in [3.63, 3.8) is 0 Å². The third-order valence-corrected chi connectivity index (χ3v) is 11.1. The molecule has 47 heavy (non-hydrogen) atoms. The molecule has 0 aliphatic carbocycles. The van der Waals surface area contributed by atoms with Crippen LogP contribution in [0.4, 0.5) is 0 Å². The fraction of sp³-hybridized carbons (Fsp3) is 0.949. The van der Waals surface area contributed by atoms with Gasteiger partial charge >= 0.3 is 0 Å². The summed E-state index contributed by atoms with van der Waals surface area (Å²) in [5.41, 5.74) is -0.104. The van der Waals surface area contributed by atoms with Crippen LogP contribution in [0.15, 0.2) is 0 Å². The highest BCUT2D eigenvalue weighted by molar-refractivity contribution is 6.19. The van der Waals surface area contributed by atoms with Crippen LogP contribution < -0.4 is 0 Å². The normalized spacial score (nSPS) is 13.5. The Bertz CT molecular complexity index is 707. The Hall–Kier alpha value is -0.560. The van der Waals surface area contributed by atoms with Gasteiger partial charge in [0.2, 0.25) is 11.8 Å². The molecule has 2 amide bonds. The number of rotatable bonds is 32. The first-order chi connectivity index (χ1) is 22.2. The fourth-order valence-corrected chi connectivity index (χ4v) is 6.16. The van der Waals surface area contributed by atoms with Crippen molar-refractivity contribution >= 4 is 35.0 Å². The number of hydrogen-bond acceptors (Lipinski definition) is 2. The van der Waals surface area contributed by atoms with E-state index < -0.39 is 0 Å². The number of unbranched alkanes of at least 4 members (excludes halogenated alkanes) is 16. The van der Waals surface area contributed by atoms with E-state index in [4.69, 9.17) is 23.2 Å². The lowest BCUT2D eigenvalue weighted by Gasteiger charge is -2.33. The molecule has 280 valence electrons. The molecule has 8 heteroatoms. The van der Waals surface area contributed by atoms with Gasteiger partial charge in [-0.05, 0) is 19.3 Å². The Labute approximate surface area is 303 Å².